The van der Waals surface area contributed by atoms with E-state index in [2.05, 4.69) is 10.7 Å². The molecule has 2 unspecified atom stereocenters. The maximum absolute atomic E-state index is 11.3. The zero-order valence-corrected chi connectivity index (χ0v) is 8.49. The Morgan fingerprint density at radius 1 is 1.79 bits per heavy atom. The van der Waals surface area contributed by atoms with Crippen molar-refractivity contribution in [3.8, 4) is 12.3 Å². The Morgan fingerprint density at radius 2 is 2.43 bits per heavy atom. The molecule has 0 bridgehead atoms. The SMILES string of the molecule is C#CC(C)(O)C1CCCN1C(=O)OC. The van der Waals surface area contributed by atoms with Gasteiger partial charge in [0.15, 0.2) is 0 Å². The number of aliphatic hydroxyl groups is 1. The molecule has 1 N–H and O–H groups in total. The van der Waals surface area contributed by atoms with Gasteiger partial charge in [-0.25, -0.2) is 4.79 Å². The van der Waals surface area contributed by atoms with Crippen molar-refractivity contribution in [2.75, 3.05) is 13.7 Å². The van der Waals surface area contributed by atoms with Crippen LogP contribution in [0, 0.1) is 12.3 Å². The molecule has 4 heteroatoms. The van der Waals surface area contributed by atoms with Crippen molar-refractivity contribution in [2.45, 2.75) is 31.4 Å². The molecule has 0 radical (unpaired) electrons. The molecule has 1 fully saturated rings. The van der Waals surface area contributed by atoms with Gasteiger partial charge in [0.1, 0.15) is 5.60 Å². The van der Waals surface area contributed by atoms with Crippen LogP contribution in [-0.2, 0) is 4.74 Å². The van der Waals surface area contributed by atoms with Crippen LogP contribution in [0.25, 0.3) is 0 Å². The van der Waals surface area contributed by atoms with Crippen molar-refractivity contribution in [3.63, 3.8) is 0 Å². The van der Waals surface area contributed by atoms with Crippen molar-refractivity contribution in [2.24, 2.45) is 0 Å². The van der Waals surface area contributed by atoms with Crippen molar-refractivity contribution in [1.82, 2.24) is 4.90 Å². The molecule has 0 spiro atoms. The highest BCUT2D eigenvalue weighted by atomic mass is 16.5. The first kappa shape index (κ1) is 10.9. The van der Waals surface area contributed by atoms with E-state index >= 15 is 0 Å². The van der Waals surface area contributed by atoms with E-state index in [4.69, 9.17) is 6.42 Å². The number of carbonyl (C=O) groups excluding carboxylic acids is 1. The molecule has 1 aliphatic rings. The number of nitrogens with zero attached hydrogens (tertiary/aromatic N) is 1. The molecule has 1 aliphatic heterocycles. The van der Waals surface area contributed by atoms with Gasteiger partial charge >= 0.3 is 6.09 Å². The largest absolute Gasteiger partial charge is 0.453 e. The summed E-state index contributed by atoms with van der Waals surface area (Å²) in [5.41, 5.74) is -1.27. The van der Waals surface area contributed by atoms with Gasteiger partial charge < -0.3 is 14.7 Å². The quantitative estimate of drug-likeness (QED) is 0.626. The Balaban J connectivity index is 2.80. The van der Waals surface area contributed by atoms with Crippen LogP contribution in [-0.4, -0.2) is 41.4 Å². The van der Waals surface area contributed by atoms with Crippen LogP contribution in [0.1, 0.15) is 19.8 Å². The molecule has 0 aromatic carbocycles. The predicted octanol–water partition coefficient (Wildman–Crippen LogP) is 0.601. The summed E-state index contributed by atoms with van der Waals surface area (Å²) >= 11 is 0. The number of hydrogen-bond acceptors (Lipinski definition) is 3. The fraction of sp³-hybridized carbons (Fsp3) is 0.700. The molecule has 1 amide bonds. The average Bonchev–Trinajstić information content (AvgIpc) is 2.65. The van der Waals surface area contributed by atoms with Crippen molar-refractivity contribution in [1.29, 1.82) is 0 Å². The van der Waals surface area contributed by atoms with Gasteiger partial charge in [-0.2, -0.15) is 0 Å². The van der Waals surface area contributed by atoms with E-state index in [0.717, 1.165) is 6.42 Å². The monoisotopic (exact) mass is 197 g/mol. The Hall–Kier alpha value is -1.21. The van der Waals surface area contributed by atoms with Gasteiger partial charge in [0.05, 0.1) is 13.2 Å². The molecule has 78 valence electrons. The number of carbonyl (C=O) groups is 1. The zero-order valence-electron chi connectivity index (χ0n) is 8.49. The summed E-state index contributed by atoms with van der Waals surface area (Å²) < 4.78 is 4.61. The molecule has 0 saturated carbocycles. The fourth-order valence-electron chi connectivity index (χ4n) is 1.78. The number of amides is 1. The van der Waals surface area contributed by atoms with E-state index in [-0.39, 0.29) is 6.04 Å². The van der Waals surface area contributed by atoms with Crippen molar-refractivity contribution >= 4 is 6.09 Å². The highest BCUT2D eigenvalue weighted by Crippen LogP contribution is 2.26. The van der Waals surface area contributed by atoms with E-state index in [1.165, 1.54) is 12.0 Å². The second-order valence-electron chi connectivity index (χ2n) is 3.61. The molecular formula is C10H15NO3. The molecule has 1 heterocycles. The lowest BCUT2D eigenvalue weighted by atomic mass is 9.95. The van der Waals surface area contributed by atoms with E-state index in [0.29, 0.717) is 13.0 Å². The first-order chi connectivity index (χ1) is 6.53. The number of rotatable bonds is 1. The summed E-state index contributed by atoms with van der Waals surface area (Å²) in [5, 5.41) is 9.85. The van der Waals surface area contributed by atoms with Gasteiger partial charge in [-0.3, -0.25) is 0 Å². The van der Waals surface area contributed by atoms with Gasteiger partial charge in [0.2, 0.25) is 0 Å². The summed E-state index contributed by atoms with van der Waals surface area (Å²) in [7, 11) is 1.32. The summed E-state index contributed by atoms with van der Waals surface area (Å²) in [6, 6.07) is -0.333. The number of methoxy groups -OCH3 is 1. The highest BCUT2D eigenvalue weighted by molar-refractivity contribution is 5.68. The molecule has 14 heavy (non-hydrogen) atoms. The van der Waals surface area contributed by atoms with Gasteiger partial charge in [-0.15, -0.1) is 6.42 Å². The minimum absolute atomic E-state index is 0.333. The molecule has 0 aromatic rings. The number of terminal acetylenes is 1. The first-order valence-electron chi connectivity index (χ1n) is 4.57. The molecular weight excluding hydrogens is 182 g/mol. The van der Waals surface area contributed by atoms with Crippen LogP contribution >= 0.6 is 0 Å². The lowest BCUT2D eigenvalue weighted by Crippen LogP contribution is -2.49. The van der Waals surface area contributed by atoms with Crippen LogP contribution in [0.3, 0.4) is 0 Å². The fourth-order valence-corrected chi connectivity index (χ4v) is 1.78. The lowest BCUT2D eigenvalue weighted by Gasteiger charge is -2.31. The average molecular weight is 197 g/mol. The molecule has 2 atom stereocenters. The third-order valence-corrected chi connectivity index (χ3v) is 2.60. The molecule has 0 aromatic heterocycles. The maximum atomic E-state index is 11.3. The standard InChI is InChI=1S/C10H15NO3/c1-4-10(2,13)8-6-5-7-11(8)9(12)14-3/h1,8,13H,5-7H2,2-3H3. The third-order valence-electron chi connectivity index (χ3n) is 2.60. The Labute approximate surface area is 83.8 Å². The first-order valence-corrected chi connectivity index (χ1v) is 4.57. The van der Waals surface area contributed by atoms with Crippen LogP contribution in [0.4, 0.5) is 4.79 Å². The molecule has 1 rings (SSSR count). The van der Waals surface area contributed by atoms with Crippen LogP contribution in [0.15, 0.2) is 0 Å². The molecule has 4 nitrogen and oxygen atoms in total. The number of hydrogen-bond donors (Lipinski definition) is 1. The summed E-state index contributed by atoms with van der Waals surface area (Å²) in [4.78, 5) is 12.8. The Morgan fingerprint density at radius 3 is 2.93 bits per heavy atom. The summed E-state index contributed by atoms with van der Waals surface area (Å²) in [6.45, 7) is 2.13. The van der Waals surface area contributed by atoms with Gasteiger partial charge in [0, 0.05) is 6.54 Å². The van der Waals surface area contributed by atoms with E-state index in [1.807, 2.05) is 0 Å². The van der Waals surface area contributed by atoms with Crippen molar-refractivity contribution < 1.29 is 14.6 Å². The lowest BCUT2D eigenvalue weighted by molar-refractivity contribution is 0.0275. The zero-order chi connectivity index (χ0) is 10.8. The predicted molar refractivity (Wildman–Crippen MR) is 51.6 cm³/mol. The van der Waals surface area contributed by atoms with Gasteiger partial charge in [-0.05, 0) is 19.8 Å². The minimum Gasteiger partial charge on any atom is -0.453 e. The summed E-state index contributed by atoms with van der Waals surface area (Å²) in [5.74, 6) is 2.30. The van der Waals surface area contributed by atoms with Gasteiger partial charge in [-0.1, -0.05) is 5.92 Å². The maximum Gasteiger partial charge on any atom is 0.409 e. The number of likely N-dealkylation sites (tertiary alicyclic amines) is 1. The molecule has 1 saturated heterocycles. The van der Waals surface area contributed by atoms with E-state index in [9.17, 15) is 9.90 Å². The van der Waals surface area contributed by atoms with E-state index < -0.39 is 11.7 Å². The van der Waals surface area contributed by atoms with Crippen LogP contribution in [0.5, 0.6) is 0 Å². The van der Waals surface area contributed by atoms with Crippen LogP contribution < -0.4 is 0 Å². The minimum atomic E-state index is -1.27. The molecule has 0 aliphatic carbocycles. The summed E-state index contributed by atoms with van der Waals surface area (Å²) in [6.07, 6.45) is 6.34. The number of ether oxygens (including phenoxy) is 1. The van der Waals surface area contributed by atoms with Crippen molar-refractivity contribution in [3.05, 3.63) is 0 Å². The van der Waals surface area contributed by atoms with Gasteiger partial charge in [0.25, 0.3) is 0 Å². The second-order valence-corrected chi connectivity index (χ2v) is 3.61. The third kappa shape index (κ3) is 1.83. The second kappa shape index (κ2) is 3.89. The topological polar surface area (TPSA) is 49.8 Å². The van der Waals surface area contributed by atoms with E-state index in [1.54, 1.807) is 6.92 Å². The highest BCUT2D eigenvalue weighted by Gasteiger charge is 2.40. The normalized spacial score (nSPS) is 25.3. The Kier molecular flexibility index (Phi) is 3.02. The van der Waals surface area contributed by atoms with Crippen LogP contribution in [0.2, 0.25) is 0 Å². The smallest absolute Gasteiger partial charge is 0.409 e. The Bertz CT molecular complexity index is 267.